The van der Waals surface area contributed by atoms with Crippen LogP contribution in [0.5, 0.6) is 0 Å². The number of nitrogens with zero attached hydrogens (tertiary/aromatic N) is 2. The van der Waals surface area contributed by atoms with Gasteiger partial charge in [-0.3, -0.25) is 0 Å². The van der Waals surface area contributed by atoms with Crippen molar-refractivity contribution in [2.45, 2.75) is 44.2 Å². The number of hydrogen-bond acceptors (Lipinski definition) is 5. The molecule has 2 aromatic heterocycles. The van der Waals surface area contributed by atoms with E-state index in [1.165, 1.54) is 19.3 Å². The molecule has 2 heterocycles. The van der Waals surface area contributed by atoms with Crippen LogP contribution in [0.15, 0.2) is 17.8 Å². The van der Waals surface area contributed by atoms with E-state index in [1.54, 1.807) is 17.7 Å². The van der Waals surface area contributed by atoms with Gasteiger partial charge < -0.3 is 11.1 Å². The lowest BCUT2D eigenvalue weighted by molar-refractivity contribution is 0.527. The Labute approximate surface area is 111 Å². The van der Waals surface area contributed by atoms with E-state index in [9.17, 15) is 0 Å². The van der Waals surface area contributed by atoms with Crippen LogP contribution >= 0.6 is 11.3 Å². The van der Waals surface area contributed by atoms with E-state index in [4.69, 9.17) is 5.73 Å². The fourth-order valence-corrected chi connectivity index (χ4v) is 3.38. The van der Waals surface area contributed by atoms with Gasteiger partial charge in [0.2, 0.25) is 0 Å². The molecule has 96 valence electrons. The highest BCUT2D eigenvalue weighted by Crippen LogP contribution is 2.27. The van der Waals surface area contributed by atoms with Gasteiger partial charge in [0, 0.05) is 12.1 Å². The summed E-state index contributed by atoms with van der Waals surface area (Å²) in [5.74, 6) is 0.942. The van der Waals surface area contributed by atoms with Crippen molar-refractivity contribution in [1.29, 1.82) is 0 Å². The van der Waals surface area contributed by atoms with E-state index in [2.05, 4.69) is 20.7 Å². The average Bonchev–Trinajstić information content (AvgIpc) is 2.77. The third kappa shape index (κ3) is 2.33. The van der Waals surface area contributed by atoms with Crippen LogP contribution in [-0.2, 0) is 0 Å². The fourth-order valence-electron chi connectivity index (χ4n) is 2.58. The Bertz CT molecular complexity index is 524. The quantitative estimate of drug-likeness (QED) is 0.817. The highest BCUT2D eigenvalue weighted by Gasteiger charge is 2.21. The van der Waals surface area contributed by atoms with Crippen LogP contribution in [0.4, 0.5) is 5.82 Å². The van der Waals surface area contributed by atoms with Crippen molar-refractivity contribution in [3.63, 3.8) is 0 Å². The van der Waals surface area contributed by atoms with Gasteiger partial charge in [-0.05, 0) is 24.3 Å². The SMILES string of the molecule is NC1CCCCCC1Nc1ncnc2ccsc12. The Morgan fingerprint density at radius 1 is 1.22 bits per heavy atom. The monoisotopic (exact) mass is 262 g/mol. The second-order valence-corrected chi connectivity index (χ2v) is 5.83. The predicted molar refractivity (Wildman–Crippen MR) is 75.9 cm³/mol. The zero-order chi connectivity index (χ0) is 12.4. The Morgan fingerprint density at radius 3 is 3.06 bits per heavy atom. The third-order valence-corrected chi connectivity index (χ3v) is 4.55. The summed E-state index contributed by atoms with van der Waals surface area (Å²) in [5.41, 5.74) is 7.26. The van der Waals surface area contributed by atoms with Crippen molar-refractivity contribution in [3.8, 4) is 0 Å². The summed E-state index contributed by atoms with van der Waals surface area (Å²) in [5, 5.41) is 5.59. The van der Waals surface area contributed by atoms with Crippen molar-refractivity contribution < 1.29 is 0 Å². The molecule has 1 saturated carbocycles. The molecule has 0 aromatic carbocycles. The standard InChI is InChI=1S/C13H18N4S/c14-9-4-2-1-3-5-10(9)17-13-12-11(6-7-18-12)15-8-16-13/h6-10H,1-5,14H2,(H,15,16,17). The minimum absolute atomic E-state index is 0.234. The summed E-state index contributed by atoms with van der Waals surface area (Å²) < 4.78 is 1.13. The maximum absolute atomic E-state index is 6.24. The maximum atomic E-state index is 6.24. The summed E-state index contributed by atoms with van der Waals surface area (Å²) in [6.45, 7) is 0. The first-order valence-corrected chi connectivity index (χ1v) is 7.43. The van der Waals surface area contributed by atoms with Gasteiger partial charge in [-0.15, -0.1) is 11.3 Å². The number of hydrogen-bond donors (Lipinski definition) is 2. The molecule has 0 radical (unpaired) electrons. The zero-order valence-corrected chi connectivity index (χ0v) is 11.1. The number of fused-ring (bicyclic) bond motifs is 1. The molecule has 1 fully saturated rings. The van der Waals surface area contributed by atoms with Gasteiger partial charge in [-0.25, -0.2) is 9.97 Å². The lowest BCUT2D eigenvalue weighted by Gasteiger charge is -2.23. The minimum Gasteiger partial charge on any atom is -0.364 e. The highest BCUT2D eigenvalue weighted by molar-refractivity contribution is 7.17. The van der Waals surface area contributed by atoms with Crippen molar-refractivity contribution in [2.75, 3.05) is 5.32 Å². The smallest absolute Gasteiger partial charge is 0.147 e. The molecule has 18 heavy (non-hydrogen) atoms. The summed E-state index contributed by atoms with van der Waals surface area (Å²) in [4.78, 5) is 8.63. The lowest BCUT2D eigenvalue weighted by Crippen LogP contribution is -2.39. The van der Waals surface area contributed by atoms with E-state index in [1.807, 2.05) is 6.07 Å². The van der Waals surface area contributed by atoms with Gasteiger partial charge in [0.1, 0.15) is 12.1 Å². The average molecular weight is 262 g/mol. The van der Waals surface area contributed by atoms with E-state index in [-0.39, 0.29) is 6.04 Å². The second-order valence-electron chi connectivity index (χ2n) is 4.91. The van der Waals surface area contributed by atoms with Crippen LogP contribution in [0.2, 0.25) is 0 Å². The van der Waals surface area contributed by atoms with E-state index in [0.29, 0.717) is 6.04 Å². The molecule has 2 atom stereocenters. The third-order valence-electron chi connectivity index (χ3n) is 3.63. The van der Waals surface area contributed by atoms with Crippen molar-refractivity contribution in [2.24, 2.45) is 5.73 Å². The van der Waals surface area contributed by atoms with Crippen LogP contribution in [0.3, 0.4) is 0 Å². The summed E-state index contributed by atoms with van der Waals surface area (Å²) in [6.07, 6.45) is 7.67. The molecule has 4 nitrogen and oxygen atoms in total. The Morgan fingerprint density at radius 2 is 2.11 bits per heavy atom. The number of rotatable bonds is 2. The molecule has 2 unspecified atom stereocenters. The van der Waals surface area contributed by atoms with Crippen molar-refractivity contribution in [3.05, 3.63) is 17.8 Å². The summed E-state index contributed by atoms with van der Waals surface area (Å²) >= 11 is 1.68. The van der Waals surface area contributed by atoms with Crippen LogP contribution in [0.1, 0.15) is 32.1 Å². The normalized spacial score (nSPS) is 24.9. The van der Waals surface area contributed by atoms with Crippen molar-refractivity contribution in [1.82, 2.24) is 9.97 Å². The molecule has 0 bridgehead atoms. The Hall–Kier alpha value is -1.20. The molecule has 0 spiro atoms. The van der Waals surface area contributed by atoms with Crippen molar-refractivity contribution >= 4 is 27.4 Å². The number of anilines is 1. The minimum atomic E-state index is 0.234. The topological polar surface area (TPSA) is 63.8 Å². The molecule has 0 saturated heterocycles. The first kappa shape index (κ1) is 11.9. The van der Waals surface area contributed by atoms with E-state index < -0.39 is 0 Å². The number of nitrogens with two attached hydrogens (primary N) is 1. The Balaban J connectivity index is 1.84. The molecule has 0 aliphatic heterocycles. The molecular weight excluding hydrogens is 244 g/mol. The summed E-state index contributed by atoms with van der Waals surface area (Å²) in [7, 11) is 0. The van der Waals surface area contributed by atoms with Gasteiger partial charge in [0.05, 0.1) is 10.2 Å². The second kappa shape index (κ2) is 5.20. The fraction of sp³-hybridized carbons (Fsp3) is 0.538. The lowest BCUT2D eigenvalue weighted by atomic mass is 10.0. The first-order valence-electron chi connectivity index (χ1n) is 6.55. The predicted octanol–water partition coefficient (Wildman–Crippen LogP) is 2.76. The molecule has 2 aromatic rings. The molecule has 5 heteroatoms. The number of nitrogens with one attached hydrogen (secondary N) is 1. The van der Waals surface area contributed by atoms with Gasteiger partial charge in [-0.1, -0.05) is 19.3 Å². The first-order chi connectivity index (χ1) is 8.84. The number of thiophene rings is 1. The van der Waals surface area contributed by atoms with Gasteiger partial charge in [-0.2, -0.15) is 0 Å². The zero-order valence-electron chi connectivity index (χ0n) is 10.3. The van der Waals surface area contributed by atoms with Crippen LogP contribution in [0, 0.1) is 0 Å². The van der Waals surface area contributed by atoms with Gasteiger partial charge in [0.15, 0.2) is 0 Å². The van der Waals surface area contributed by atoms with Crippen LogP contribution < -0.4 is 11.1 Å². The summed E-state index contributed by atoms with van der Waals surface area (Å²) in [6, 6.07) is 2.60. The maximum Gasteiger partial charge on any atom is 0.147 e. The van der Waals surface area contributed by atoms with E-state index in [0.717, 1.165) is 28.9 Å². The molecule has 1 aliphatic rings. The van der Waals surface area contributed by atoms with Crippen LogP contribution in [-0.4, -0.2) is 22.1 Å². The molecule has 3 N–H and O–H groups in total. The highest BCUT2D eigenvalue weighted by atomic mass is 32.1. The Kier molecular flexibility index (Phi) is 3.43. The van der Waals surface area contributed by atoms with Crippen LogP contribution in [0.25, 0.3) is 10.2 Å². The molecule has 3 rings (SSSR count). The number of aromatic nitrogens is 2. The molecule has 1 aliphatic carbocycles. The molecular formula is C13H18N4S. The molecule has 0 amide bonds. The largest absolute Gasteiger partial charge is 0.364 e. The van der Waals surface area contributed by atoms with Gasteiger partial charge >= 0.3 is 0 Å². The van der Waals surface area contributed by atoms with Gasteiger partial charge in [0.25, 0.3) is 0 Å². The van der Waals surface area contributed by atoms with E-state index >= 15 is 0 Å².